The molecule has 0 amide bonds. The molecule has 3 aromatic heterocycles. The highest BCUT2D eigenvalue weighted by Crippen LogP contribution is 2.29. The number of anilines is 1. The highest BCUT2D eigenvalue weighted by Gasteiger charge is 2.17. The number of benzene rings is 1. The Balaban J connectivity index is 1.98. The van der Waals surface area contributed by atoms with Crippen molar-refractivity contribution in [2.75, 3.05) is 5.73 Å². The smallest absolute Gasteiger partial charge is 0.152 e. The number of imidazole rings is 1. The van der Waals surface area contributed by atoms with Crippen molar-refractivity contribution in [1.82, 2.24) is 24.5 Å². The van der Waals surface area contributed by atoms with Crippen LogP contribution in [0.4, 0.5) is 5.82 Å². The van der Waals surface area contributed by atoms with Gasteiger partial charge in [0, 0.05) is 24.2 Å². The number of aryl methyl sites for hydroxylation is 1. The number of fused-ring (bicyclic) bond motifs is 3. The van der Waals surface area contributed by atoms with Crippen molar-refractivity contribution in [1.29, 1.82) is 0 Å². The SMILES string of the molecule is CCCCc1nc2c(N)nc3ccccc3c2n1Cc1cnccn1. The van der Waals surface area contributed by atoms with Crippen LogP contribution in [-0.4, -0.2) is 24.5 Å². The molecule has 126 valence electrons. The predicted octanol–water partition coefficient (Wildman–Crippen LogP) is 3.35. The van der Waals surface area contributed by atoms with E-state index in [-0.39, 0.29) is 0 Å². The number of aromatic nitrogens is 5. The summed E-state index contributed by atoms with van der Waals surface area (Å²) >= 11 is 0. The fraction of sp³-hybridized carbons (Fsp3) is 0.263. The maximum absolute atomic E-state index is 6.21. The fourth-order valence-electron chi connectivity index (χ4n) is 3.17. The van der Waals surface area contributed by atoms with Crippen LogP contribution < -0.4 is 5.73 Å². The van der Waals surface area contributed by atoms with E-state index >= 15 is 0 Å². The topological polar surface area (TPSA) is 82.5 Å². The van der Waals surface area contributed by atoms with E-state index < -0.39 is 0 Å². The van der Waals surface area contributed by atoms with E-state index in [2.05, 4.69) is 32.5 Å². The first-order valence-electron chi connectivity index (χ1n) is 8.56. The van der Waals surface area contributed by atoms with Crippen LogP contribution in [0.25, 0.3) is 21.9 Å². The molecule has 4 aromatic rings. The van der Waals surface area contributed by atoms with Gasteiger partial charge in [-0.15, -0.1) is 0 Å². The third kappa shape index (κ3) is 2.80. The predicted molar refractivity (Wildman–Crippen MR) is 99.2 cm³/mol. The Morgan fingerprint density at radius 3 is 2.80 bits per heavy atom. The van der Waals surface area contributed by atoms with Gasteiger partial charge in [0.05, 0.1) is 29.5 Å². The Morgan fingerprint density at radius 2 is 2.00 bits per heavy atom. The highest BCUT2D eigenvalue weighted by molar-refractivity contribution is 6.06. The third-order valence-electron chi connectivity index (χ3n) is 4.38. The average Bonchev–Trinajstić information content (AvgIpc) is 3.00. The Hall–Kier alpha value is -3.02. The van der Waals surface area contributed by atoms with Crippen molar-refractivity contribution >= 4 is 27.8 Å². The molecule has 0 aliphatic carbocycles. The lowest BCUT2D eigenvalue weighted by Gasteiger charge is -2.10. The molecule has 0 fully saturated rings. The molecule has 4 rings (SSSR count). The number of rotatable bonds is 5. The molecule has 1 aromatic carbocycles. The standard InChI is InChI=1S/C19H20N6/c1-2-3-8-16-24-17-18(25(16)12-13-11-21-9-10-22-13)14-6-4-5-7-15(14)23-19(17)20/h4-7,9-11H,2-3,8,12H2,1H3,(H2,20,23). The molecule has 6 heteroatoms. The van der Waals surface area contributed by atoms with Crippen LogP contribution in [-0.2, 0) is 13.0 Å². The van der Waals surface area contributed by atoms with Gasteiger partial charge in [-0.05, 0) is 12.5 Å². The van der Waals surface area contributed by atoms with Crippen LogP contribution in [0.2, 0.25) is 0 Å². The molecule has 0 saturated carbocycles. The second-order valence-electron chi connectivity index (χ2n) is 6.13. The van der Waals surface area contributed by atoms with E-state index in [1.165, 1.54) is 0 Å². The average molecular weight is 332 g/mol. The van der Waals surface area contributed by atoms with Crippen LogP contribution in [0, 0.1) is 0 Å². The second-order valence-corrected chi connectivity index (χ2v) is 6.13. The van der Waals surface area contributed by atoms with E-state index in [0.717, 1.165) is 52.7 Å². The first-order valence-corrected chi connectivity index (χ1v) is 8.56. The Labute approximate surface area is 145 Å². The molecular weight excluding hydrogens is 312 g/mol. The van der Waals surface area contributed by atoms with E-state index in [9.17, 15) is 0 Å². The van der Waals surface area contributed by atoms with Gasteiger partial charge in [-0.3, -0.25) is 9.97 Å². The van der Waals surface area contributed by atoms with Gasteiger partial charge in [0.15, 0.2) is 5.82 Å². The van der Waals surface area contributed by atoms with Gasteiger partial charge in [-0.1, -0.05) is 31.5 Å². The van der Waals surface area contributed by atoms with Gasteiger partial charge in [0.25, 0.3) is 0 Å². The number of hydrogen-bond acceptors (Lipinski definition) is 5. The molecule has 2 N–H and O–H groups in total. The molecular formula is C19H20N6. The van der Waals surface area contributed by atoms with E-state index in [1.54, 1.807) is 18.6 Å². The van der Waals surface area contributed by atoms with Gasteiger partial charge in [-0.25, -0.2) is 9.97 Å². The summed E-state index contributed by atoms with van der Waals surface area (Å²) < 4.78 is 2.22. The number of para-hydroxylation sites is 1. The zero-order valence-corrected chi connectivity index (χ0v) is 14.2. The monoisotopic (exact) mass is 332 g/mol. The number of hydrogen-bond donors (Lipinski definition) is 1. The fourth-order valence-corrected chi connectivity index (χ4v) is 3.17. The maximum atomic E-state index is 6.21. The molecule has 25 heavy (non-hydrogen) atoms. The number of pyridine rings is 1. The molecule has 0 aliphatic rings. The summed E-state index contributed by atoms with van der Waals surface area (Å²) in [6.45, 7) is 2.80. The van der Waals surface area contributed by atoms with Crippen LogP contribution in [0.5, 0.6) is 0 Å². The summed E-state index contributed by atoms with van der Waals surface area (Å²) in [5.74, 6) is 1.50. The van der Waals surface area contributed by atoms with Crippen LogP contribution in [0.1, 0.15) is 31.3 Å². The largest absolute Gasteiger partial charge is 0.382 e. The van der Waals surface area contributed by atoms with Gasteiger partial charge in [0.1, 0.15) is 11.3 Å². The minimum Gasteiger partial charge on any atom is -0.382 e. The Bertz CT molecular complexity index is 1020. The van der Waals surface area contributed by atoms with E-state index in [0.29, 0.717) is 12.4 Å². The van der Waals surface area contributed by atoms with Gasteiger partial charge in [0.2, 0.25) is 0 Å². The molecule has 0 atom stereocenters. The first-order chi connectivity index (χ1) is 12.3. The van der Waals surface area contributed by atoms with Gasteiger partial charge in [-0.2, -0.15) is 0 Å². The minimum absolute atomic E-state index is 0.476. The van der Waals surface area contributed by atoms with Gasteiger partial charge < -0.3 is 10.3 Å². The van der Waals surface area contributed by atoms with Crippen molar-refractivity contribution in [3.63, 3.8) is 0 Å². The molecule has 6 nitrogen and oxygen atoms in total. The Morgan fingerprint density at radius 1 is 1.12 bits per heavy atom. The molecule has 0 radical (unpaired) electrons. The van der Waals surface area contributed by atoms with E-state index in [4.69, 9.17) is 10.7 Å². The summed E-state index contributed by atoms with van der Waals surface area (Å²) in [7, 11) is 0. The summed E-state index contributed by atoms with van der Waals surface area (Å²) in [4.78, 5) is 18.0. The second kappa shape index (κ2) is 6.47. The highest BCUT2D eigenvalue weighted by atomic mass is 15.1. The summed E-state index contributed by atoms with van der Waals surface area (Å²) in [6, 6.07) is 8.05. The lowest BCUT2D eigenvalue weighted by Crippen LogP contribution is -2.07. The maximum Gasteiger partial charge on any atom is 0.152 e. The lowest BCUT2D eigenvalue weighted by atomic mass is 10.2. The summed E-state index contributed by atoms with van der Waals surface area (Å²) in [6.07, 6.45) is 8.29. The lowest BCUT2D eigenvalue weighted by molar-refractivity contribution is 0.681. The van der Waals surface area contributed by atoms with Crippen molar-refractivity contribution in [2.45, 2.75) is 32.7 Å². The zero-order valence-electron chi connectivity index (χ0n) is 14.2. The minimum atomic E-state index is 0.476. The summed E-state index contributed by atoms with van der Waals surface area (Å²) in [5, 5.41) is 1.06. The Kier molecular flexibility index (Phi) is 4.01. The van der Waals surface area contributed by atoms with Crippen molar-refractivity contribution < 1.29 is 0 Å². The van der Waals surface area contributed by atoms with Crippen molar-refractivity contribution in [2.24, 2.45) is 0 Å². The number of unbranched alkanes of at least 4 members (excludes halogenated alkanes) is 1. The summed E-state index contributed by atoms with van der Waals surface area (Å²) in [5.41, 5.74) is 9.80. The number of nitrogens with two attached hydrogens (primary N) is 1. The van der Waals surface area contributed by atoms with Gasteiger partial charge >= 0.3 is 0 Å². The quantitative estimate of drug-likeness (QED) is 0.606. The van der Waals surface area contributed by atoms with E-state index in [1.807, 2.05) is 18.2 Å². The molecule has 0 aliphatic heterocycles. The van der Waals surface area contributed by atoms with Crippen LogP contribution in [0.15, 0.2) is 42.9 Å². The van der Waals surface area contributed by atoms with Crippen LogP contribution >= 0.6 is 0 Å². The normalized spacial score (nSPS) is 11.4. The first kappa shape index (κ1) is 15.5. The molecule has 0 unspecified atom stereocenters. The molecule has 0 bridgehead atoms. The molecule has 0 saturated heterocycles. The van der Waals surface area contributed by atoms with Crippen LogP contribution in [0.3, 0.4) is 0 Å². The number of nitrogens with zero attached hydrogens (tertiary/aromatic N) is 5. The zero-order chi connectivity index (χ0) is 17.2. The molecule has 0 spiro atoms. The van der Waals surface area contributed by atoms with Crippen molar-refractivity contribution in [3.05, 3.63) is 54.4 Å². The third-order valence-corrected chi connectivity index (χ3v) is 4.38. The van der Waals surface area contributed by atoms with Crippen molar-refractivity contribution in [3.8, 4) is 0 Å². The molecule has 3 heterocycles. The number of nitrogen functional groups attached to an aromatic ring is 1.